The third-order valence-electron chi connectivity index (χ3n) is 5.23. The van der Waals surface area contributed by atoms with Crippen LogP contribution in [0.5, 0.6) is 5.75 Å². The Balaban J connectivity index is 2.55. The first kappa shape index (κ1) is 21.5. The fourth-order valence-electron chi connectivity index (χ4n) is 2.90. The van der Waals surface area contributed by atoms with Crippen LogP contribution < -0.4 is 4.74 Å². The molecule has 142 valence electrons. The lowest BCUT2D eigenvalue weighted by atomic mass is 9.71. The van der Waals surface area contributed by atoms with Crippen molar-refractivity contribution in [3.63, 3.8) is 0 Å². The molecule has 0 aliphatic rings. The van der Waals surface area contributed by atoms with Crippen molar-refractivity contribution in [3.8, 4) is 5.75 Å². The first-order valence-corrected chi connectivity index (χ1v) is 9.36. The van der Waals surface area contributed by atoms with E-state index in [1.54, 1.807) is 0 Å². The number of hydrogen-bond acceptors (Lipinski definition) is 4. The van der Waals surface area contributed by atoms with Gasteiger partial charge in [-0.05, 0) is 37.3 Å². The summed E-state index contributed by atoms with van der Waals surface area (Å²) in [6.07, 6.45) is 1.91. The molecule has 0 fully saturated rings. The summed E-state index contributed by atoms with van der Waals surface area (Å²) in [4.78, 5) is 12.7. The van der Waals surface area contributed by atoms with Crippen molar-refractivity contribution in [2.75, 3.05) is 13.2 Å². The van der Waals surface area contributed by atoms with Gasteiger partial charge in [-0.2, -0.15) is 0 Å². The molecule has 0 aromatic heterocycles. The Bertz CT molecular complexity index is 502. The Morgan fingerprint density at radius 2 is 1.76 bits per heavy atom. The van der Waals surface area contributed by atoms with Crippen molar-refractivity contribution in [1.82, 2.24) is 0 Å². The number of para-hydroxylation sites is 1. The highest BCUT2D eigenvalue weighted by molar-refractivity contribution is 5.76. The van der Waals surface area contributed by atoms with Gasteiger partial charge in [-0.3, -0.25) is 4.79 Å². The fraction of sp³-hybridized carbons (Fsp3) is 0.667. The zero-order chi connectivity index (χ0) is 18.9. The summed E-state index contributed by atoms with van der Waals surface area (Å²) in [6, 6.07) is 9.29. The maximum Gasteiger partial charge on any atom is 0.312 e. The molecular weight excluding hydrogens is 316 g/mol. The van der Waals surface area contributed by atoms with E-state index in [1.807, 2.05) is 37.3 Å². The van der Waals surface area contributed by atoms with Gasteiger partial charge in [-0.25, -0.2) is 0 Å². The van der Waals surface area contributed by atoms with E-state index in [-0.39, 0.29) is 25.1 Å². The van der Waals surface area contributed by atoms with Gasteiger partial charge in [0.1, 0.15) is 25.1 Å². The number of aliphatic hydroxyl groups excluding tert-OH is 1. The summed E-state index contributed by atoms with van der Waals surface area (Å²) in [5.41, 5.74) is -0.524. The lowest BCUT2D eigenvalue weighted by Crippen LogP contribution is -2.39. The highest BCUT2D eigenvalue weighted by Gasteiger charge is 2.40. The topological polar surface area (TPSA) is 55.8 Å². The fourth-order valence-corrected chi connectivity index (χ4v) is 2.90. The number of aliphatic hydroxyl groups is 1. The van der Waals surface area contributed by atoms with Crippen LogP contribution in [0.15, 0.2) is 30.3 Å². The van der Waals surface area contributed by atoms with E-state index in [9.17, 15) is 9.90 Å². The molecule has 4 heteroatoms. The highest BCUT2D eigenvalue weighted by atomic mass is 16.5. The van der Waals surface area contributed by atoms with Gasteiger partial charge < -0.3 is 14.6 Å². The van der Waals surface area contributed by atoms with Crippen LogP contribution in [-0.4, -0.2) is 30.4 Å². The Labute approximate surface area is 152 Å². The molecule has 0 bridgehead atoms. The summed E-state index contributed by atoms with van der Waals surface area (Å²) in [6.45, 7) is 10.5. The van der Waals surface area contributed by atoms with Gasteiger partial charge in [0, 0.05) is 0 Å². The van der Waals surface area contributed by atoms with Crippen molar-refractivity contribution in [2.45, 2.75) is 60.0 Å². The SMILES string of the molecule is CCC(C)CC(C)(C(=O)OCC(O)COc1ccccc1)C(C)CC. The Morgan fingerprint density at radius 3 is 2.32 bits per heavy atom. The predicted octanol–water partition coefficient (Wildman–Crippen LogP) is 4.46. The maximum atomic E-state index is 12.7. The van der Waals surface area contributed by atoms with Crippen LogP contribution in [0.3, 0.4) is 0 Å². The van der Waals surface area contributed by atoms with E-state index in [2.05, 4.69) is 27.7 Å². The van der Waals surface area contributed by atoms with Crippen LogP contribution in [0.2, 0.25) is 0 Å². The van der Waals surface area contributed by atoms with E-state index < -0.39 is 11.5 Å². The standard InChI is InChI=1S/C21H34O4/c1-6-16(3)13-21(5,17(4)7-2)20(23)25-15-18(22)14-24-19-11-9-8-10-12-19/h8-12,16-18,22H,6-7,13-15H2,1-5H3. The van der Waals surface area contributed by atoms with Crippen LogP contribution in [0.4, 0.5) is 0 Å². The van der Waals surface area contributed by atoms with Crippen molar-refractivity contribution >= 4 is 5.97 Å². The minimum Gasteiger partial charge on any atom is -0.491 e. The molecule has 0 aliphatic heterocycles. The minimum atomic E-state index is -0.839. The number of rotatable bonds is 11. The quantitative estimate of drug-likeness (QED) is 0.599. The molecule has 0 radical (unpaired) electrons. The van der Waals surface area contributed by atoms with E-state index in [0.717, 1.165) is 19.3 Å². The van der Waals surface area contributed by atoms with E-state index in [0.29, 0.717) is 11.7 Å². The molecule has 0 saturated carbocycles. The molecule has 1 aromatic rings. The van der Waals surface area contributed by atoms with Gasteiger partial charge in [0.25, 0.3) is 0 Å². The summed E-state index contributed by atoms with van der Waals surface area (Å²) in [7, 11) is 0. The molecule has 0 spiro atoms. The van der Waals surface area contributed by atoms with Gasteiger partial charge in [0.15, 0.2) is 0 Å². The highest BCUT2D eigenvalue weighted by Crippen LogP contribution is 2.38. The molecule has 0 aliphatic carbocycles. The van der Waals surface area contributed by atoms with Crippen LogP contribution in [-0.2, 0) is 9.53 Å². The molecule has 0 saturated heterocycles. The van der Waals surface area contributed by atoms with Gasteiger partial charge in [-0.15, -0.1) is 0 Å². The van der Waals surface area contributed by atoms with Crippen LogP contribution in [0, 0.1) is 17.3 Å². The molecule has 4 unspecified atom stereocenters. The zero-order valence-electron chi connectivity index (χ0n) is 16.3. The number of ether oxygens (including phenoxy) is 2. The van der Waals surface area contributed by atoms with Crippen molar-refractivity contribution in [2.24, 2.45) is 17.3 Å². The van der Waals surface area contributed by atoms with E-state index in [1.165, 1.54) is 0 Å². The first-order chi connectivity index (χ1) is 11.8. The summed E-state index contributed by atoms with van der Waals surface area (Å²) in [5, 5.41) is 10.0. The van der Waals surface area contributed by atoms with Crippen LogP contribution in [0.25, 0.3) is 0 Å². The lowest BCUT2D eigenvalue weighted by molar-refractivity contribution is -0.163. The largest absolute Gasteiger partial charge is 0.491 e. The average Bonchev–Trinajstić information content (AvgIpc) is 2.63. The van der Waals surface area contributed by atoms with Crippen molar-refractivity contribution in [1.29, 1.82) is 0 Å². The average molecular weight is 350 g/mol. The molecule has 1 rings (SSSR count). The second-order valence-corrected chi connectivity index (χ2v) is 7.32. The number of esters is 1. The second kappa shape index (κ2) is 10.4. The molecular formula is C21H34O4. The maximum absolute atomic E-state index is 12.7. The normalized spacial score (nSPS) is 17.2. The van der Waals surface area contributed by atoms with Crippen LogP contribution >= 0.6 is 0 Å². The molecule has 1 aromatic carbocycles. The molecule has 0 heterocycles. The van der Waals surface area contributed by atoms with Gasteiger partial charge in [0.2, 0.25) is 0 Å². The van der Waals surface area contributed by atoms with Crippen molar-refractivity contribution < 1.29 is 19.4 Å². The Hall–Kier alpha value is -1.55. The van der Waals surface area contributed by atoms with E-state index in [4.69, 9.17) is 9.47 Å². The minimum absolute atomic E-state index is 0.0435. The summed E-state index contributed by atoms with van der Waals surface area (Å²) in [5.74, 6) is 1.15. The van der Waals surface area contributed by atoms with Gasteiger partial charge in [-0.1, -0.05) is 58.7 Å². The predicted molar refractivity (Wildman–Crippen MR) is 101 cm³/mol. The summed E-state index contributed by atoms with van der Waals surface area (Å²) >= 11 is 0. The molecule has 4 atom stereocenters. The van der Waals surface area contributed by atoms with Crippen LogP contribution in [0.1, 0.15) is 53.9 Å². The molecule has 1 N–H and O–H groups in total. The molecule has 0 amide bonds. The van der Waals surface area contributed by atoms with Crippen molar-refractivity contribution in [3.05, 3.63) is 30.3 Å². The third-order valence-corrected chi connectivity index (χ3v) is 5.23. The molecule has 4 nitrogen and oxygen atoms in total. The number of hydrogen-bond donors (Lipinski definition) is 1. The summed E-state index contributed by atoms with van der Waals surface area (Å²) < 4.78 is 11.0. The lowest BCUT2D eigenvalue weighted by Gasteiger charge is -2.35. The van der Waals surface area contributed by atoms with Gasteiger partial charge >= 0.3 is 5.97 Å². The molecule has 25 heavy (non-hydrogen) atoms. The second-order valence-electron chi connectivity index (χ2n) is 7.32. The zero-order valence-corrected chi connectivity index (χ0v) is 16.3. The Morgan fingerprint density at radius 1 is 1.12 bits per heavy atom. The Kier molecular flexibility index (Phi) is 8.98. The number of carbonyl (C=O) groups is 1. The van der Waals surface area contributed by atoms with Gasteiger partial charge in [0.05, 0.1) is 5.41 Å². The monoisotopic (exact) mass is 350 g/mol. The third kappa shape index (κ3) is 6.69. The smallest absolute Gasteiger partial charge is 0.312 e. The number of benzene rings is 1. The number of carbonyl (C=O) groups excluding carboxylic acids is 1. The first-order valence-electron chi connectivity index (χ1n) is 9.36. The van der Waals surface area contributed by atoms with E-state index >= 15 is 0 Å².